The van der Waals surface area contributed by atoms with Crippen molar-refractivity contribution < 1.29 is 18.8 Å². The first kappa shape index (κ1) is 14.6. The third-order valence-electron chi connectivity index (χ3n) is 2.73. The number of carbonyl (C=O) groups excluding carboxylic acids is 1. The minimum absolute atomic E-state index is 0.0922. The molecule has 21 heavy (non-hydrogen) atoms. The van der Waals surface area contributed by atoms with Gasteiger partial charge in [-0.1, -0.05) is 0 Å². The summed E-state index contributed by atoms with van der Waals surface area (Å²) >= 11 is 0. The van der Waals surface area contributed by atoms with Crippen LogP contribution in [0.4, 0.5) is 10.2 Å². The molecule has 0 aliphatic carbocycles. The van der Waals surface area contributed by atoms with E-state index in [-0.39, 0.29) is 11.3 Å². The number of halogens is 1. The third kappa shape index (κ3) is 3.38. The number of ketones is 1. The van der Waals surface area contributed by atoms with Crippen LogP contribution in [0.1, 0.15) is 17.3 Å². The van der Waals surface area contributed by atoms with Crippen LogP contribution in [0.25, 0.3) is 0 Å². The summed E-state index contributed by atoms with van der Waals surface area (Å²) in [6, 6.07) is 7.81. The SMILES string of the molecule is CC(Oc1cccnc1[N+](=O)[O-])C(=O)c1ccc(F)cc1. The van der Waals surface area contributed by atoms with Crippen molar-refractivity contribution in [2.24, 2.45) is 0 Å². The van der Waals surface area contributed by atoms with Gasteiger partial charge in [-0.3, -0.25) is 4.79 Å². The number of nitrogens with zero attached hydrogens (tertiary/aromatic N) is 2. The van der Waals surface area contributed by atoms with E-state index in [1.807, 2.05) is 0 Å². The normalized spacial score (nSPS) is 11.7. The molecule has 0 radical (unpaired) electrons. The molecule has 0 amide bonds. The van der Waals surface area contributed by atoms with Crippen molar-refractivity contribution in [3.05, 3.63) is 64.1 Å². The fraction of sp³-hybridized carbons (Fsp3) is 0.143. The molecule has 108 valence electrons. The average Bonchev–Trinajstić information content (AvgIpc) is 2.47. The zero-order valence-corrected chi connectivity index (χ0v) is 11.0. The highest BCUT2D eigenvalue weighted by Crippen LogP contribution is 2.24. The number of aromatic nitrogens is 1. The van der Waals surface area contributed by atoms with E-state index < -0.39 is 28.4 Å². The maximum Gasteiger partial charge on any atom is 0.406 e. The van der Waals surface area contributed by atoms with Gasteiger partial charge in [-0.15, -0.1) is 0 Å². The van der Waals surface area contributed by atoms with Crippen molar-refractivity contribution in [1.29, 1.82) is 0 Å². The van der Waals surface area contributed by atoms with Gasteiger partial charge < -0.3 is 14.9 Å². The van der Waals surface area contributed by atoms with Gasteiger partial charge in [-0.2, -0.15) is 0 Å². The molecule has 1 aromatic carbocycles. The number of pyridine rings is 1. The quantitative estimate of drug-likeness (QED) is 0.480. The van der Waals surface area contributed by atoms with Crippen LogP contribution in [-0.2, 0) is 0 Å². The highest BCUT2D eigenvalue weighted by molar-refractivity contribution is 5.99. The molecule has 0 N–H and O–H groups in total. The number of nitro groups is 1. The number of rotatable bonds is 5. The Labute approximate surface area is 119 Å². The van der Waals surface area contributed by atoms with Crippen LogP contribution in [0.5, 0.6) is 5.75 Å². The van der Waals surface area contributed by atoms with Gasteiger partial charge in [0.15, 0.2) is 6.10 Å². The van der Waals surface area contributed by atoms with E-state index in [9.17, 15) is 19.3 Å². The summed E-state index contributed by atoms with van der Waals surface area (Å²) in [5.41, 5.74) is 0.260. The number of benzene rings is 1. The second-order valence-electron chi connectivity index (χ2n) is 4.21. The van der Waals surface area contributed by atoms with Crippen molar-refractivity contribution in [3.63, 3.8) is 0 Å². The summed E-state index contributed by atoms with van der Waals surface area (Å²) in [4.78, 5) is 25.8. The second kappa shape index (κ2) is 6.08. The first-order valence-electron chi connectivity index (χ1n) is 6.05. The Hall–Kier alpha value is -2.83. The molecule has 0 bridgehead atoms. The van der Waals surface area contributed by atoms with Gasteiger partial charge in [0.1, 0.15) is 12.0 Å². The highest BCUT2D eigenvalue weighted by atomic mass is 19.1. The smallest absolute Gasteiger partial charge is 0.406 e. The molecule has 0 aliphatic rings. The number of hydrogen-bond acceptors (Lipinski definition) is 5. The van der Waals surface area contributed by atoms with Gasteiger partial charge in [-0.05, 0) is 53.2 Å². The van der Waals surface area contributed by atoms with Gasteiger partial charge in [0.2, 0.25) is 11.5 Å². The molecule has 0 saturated heterocycles. The topological polar surface area (TPSA) is 82.3 Å². The number of Topliss-reactive ketones (excluding diaryl/α,β-unsaturated/α-hetero) is 1. The molecular formula is C14H11FN2O4. The van der Waals surface area contributed by atoms with Crippen molar-refractivity contribution in [3.8, 4) is 5.75 Å². The van der Waals surface area contributed by atoms with Crippen LogP contribution in [0.2, 0.25) is 0 Å². The zero-order chi connectivity index (χ0) is 15.4. The zero-order valence-electron chi connectivity index (χ0n) is 11.0. The predicted molar refractivity (Wildman–Crippen MR) is 71.7 cm³/mol. The van der Waals surface area contributed by atoms with Crippen molar-refractivity contribution >= 4 is 11.6 Å². The van der Waals surface area contributed by atoms with E-state index in [1.54, 1.807) is 0 Å². The summed E-state index contributed by atoms with van der Waals surface area (Å²) in [7, 11) is 0. The van der Waals surface area contributed by atoms with Crippen LogP contribution in [0, 0.1) is 15.9 Å². The first-order valence-corrected chi connectivity index (χ1v) is 6.05. The molecule has 6 nitrogen and oxygen atoms in total. The standard InChI is InChI=1S/C14H11FN2O4/c1-9(13(18)10-4-6-11(15)7-5-10)21-12-3-2-8-16-14(12)17(19)20/h2-9H,1H3. The maximum atomic E-state index is 12.8. The fourth-order valence-electron chi connectivity index (χ4n) is 1.70. The summed E-state index contributed by atoms with van der Waals surface area (Å²) < 4.78 is 18.1. The largest absolute Gasteiger partial charge is 0.474 e. The van der Waals surface area contributed by atoms with Gasteiger partial charge in [0.25, 0.3) is 0 Å². The van der Waals surface area contributed by atoms with Crippen LogP contribution >= 0.6 is 0 Å². The lowest BCUT2D eigenvalue weighted by Crippen LogP contribution is -2.24. The Morgan fingerprint density at radius 3 is 2.62 bits per heavy atom. The van der Waals surface area contributed by atoms with Crippen molar-refractivity contribution in [1.82, 2.24) is 4.98 Å². The molecule has 2 aromatic rings. The number of carbonyl (C=O) groups is 1. The molecular weight excluding hydrogens is 279 g/mol. The van der Waals surface area contributed by atoms with E-state index >= 15 is 0 Å². The van der Waals surface area contributed by atoms with E-state index in [1.165, 1.54) is 37.4 Å². The van der Waals surface area contributed by atoms with E-state index in [0.29, 0.717) is 0 Å². The second-order valence-corrected chi connectivity index (χ2v) is 4.21. The van der Waals surface area contributed by atoms with Gasteiger partial charge >= 0.3 is 5.82 Å². The summed E-state index contributed by atoms with van der Waals surface area (Å²) in [6.07, 6.45) is 0.302. The molecule has 1 unspecified atom stereocenters. The Kier molecular flexibility index (Phi) is 4.22. The summed E-state index contributed by atoms with van der Waals surface area (Å²) in [5.74, 6) is -1.42. The van der Waals surface area contributed by atoms with Crippen LogP contribution in [0.15, 0.2) is 42.6 Å². The lowest BCUT2D eigenvalue weighted by atomic mass is 10.1. The fourth-order valence-corrected chi connectivity index (χ4v) is 1.70. The Morgan fingerprint density at radius 2 is 2.00 bits per heavy atom. The summed E-state index contributed by atoms with van der Waals surface area (Å²) in [6.45, 7) is 1.46. The highest BCUT2D eigenvalue weighted by Gasteiger charge is 2.22. The molecule has 1 aromatic heterocycles. The summed E-state index contributed by atoms with van der Waals surface area (Å²) in [5, 5.41) is 10.8. The van der Waals surface area contributed by atoms with Gasteiger partial charge in [0.05, 0.1) is 0 Å². The van der Waals surface area contributed by atoms with Crippen LogP contribution < -0.4 is 4.74 Å². The maximum absolute atomic E-state index is 12.8. The van der Waals surface area contributed by atoms with Crippen LogP contribution in [0.3, 0.4) is 0 Å². The molecule has 0 spiro atoms. The lowest BCUT2D eigenvalue weighted by molar-refractivity contribution is -0.390. The molecule has 0 saturated carbocycles. The number of hydrogen-bond donors (Lipinski definition) is 0. The van der Waals surface area contributed by atoms with Gasteiger partial charge in [-0.25, -0.2) is 4.39 Å². The monoisotopic (exact) mass is 290 g/mol. The molecule has 0 aliphatic heterocycles. The van der Waals surface area contributed by atoms with E-state index in [4.69, 9.17) is 4.74 Å². The van der Waals surface area contributed by atoms with E-state index in [0.717, 1.165) is 12.1 Å². The molecule has 2 rings (SSSR count). The Balaban J connectivity index is 2.18. The molecule has 1 heterocycles. The lowest BCUT2D eigenvalue weighted by Gasteiger charge is -2.13. The first-order chi connectivity index (χ1) is 9.99. The predicted octanol–water partition coefficient (Wildman–Crippen LogP) is 2.78. The third-order valence-corrected chi connectivity index (χ3v) is 2.73. The Bertz CT molecular complexity index is 673. The Morgan fingerprint density at radius 1 is 1.33 bits per heavy atom. The molecule has 7 heteroatoms. The molecule has 0 fully saturated rings. The van der Waals surface area contributed by atoms with Crippen LogP contribution in [-0.4, -0.2) is 21.8 Å². The van der Waals surface area contributed by atoms with Gasteiger partial charge in [0, 0.05) is 5.56 Å². The van der Waals surface area contributed by atoms with Crippen molar-refractivity contribution in [2.45, 2.75) is 13.0 Å². The molecule has 1 atom stereocenters. The number of ether oxygens (including phenoxy) is 1. The minimum Gasteiger partial charge on any atom is -0.474 e. The van der Waals surface area contributed by atoms with Crippen molar-refractivity contribution in [2.75, 3.05) is 0 Å². The van der Waals surface area contributed by atoms with E-state index in [2.05, 4.69) is 4.98 Å². The minimum atomic E-state index is -0.960. The average molecular weight is 290 g/mol.